The molecule has 0 atom stereocenters. The lowest BCUT2D eigenvalue weighted by atomic mass is 9.96. The predicted octanol–water partition coefficient (Wildman–Crippen LogP) is 6.34. The summed E-state index contributed by atoms with van der Waals surface area (Å²) in [5.74, 6) is -0.438. The van der Waals surface area contributed by atoms with Gasteiger partial charge in [0.25, 0.3) is 5.91 Å². The van der Waals surface area contributed by atoms with Gasteiger partial charge >= 0.3 is 5.97 Å². The van der Waals surface area contributed by atoms with E-state index in [0.29, 0.717) is 22.0 Å². The first-order valence-electron chi connectivity index (χ1n) is 9.39. The number of carbonyl (C=O) groups is 2. The lowest BCUT2D eigenvalue weighted by molar-refractivity contribution is -0.131. The topological polar surface area (TPSA) is 55.4 Å². The number of halogens is 1. The van der Waals surface area contributed by atoms with E-state index in [0.717, 1.165) is 21.9 Å². The van der Waals surface area contributed by atoms with E-state index in [1.807, 2.05) is 60.7 Å². The molecule has 0 saturated carbocycles. The zero-order valence-corrected chi connectivity index (χ0v) is 16.9. The van der Waals surface area contributed by atoms with Crippen LogP contribution in [0.5, 0.6) is 5.75 Å². The number of esters is 1. The number of anilines is 1. The van der Waals surface area contributed by atoms with Crippen LogP contribution in [0, 0.1) is 0 Å². The molecular weight excluding hydrogens is 398 g/mol. The van der Waals surface area contributed by atoms with E-state index in [9.17, 15) is 9.59 Å². The van der Waals surface area contributed by atoms with Crippen LogP contribution in [0.25, 0.3) is 21.9 Å². The highest BCUT2D eigenvalue weighted by atomic mass is 35.5. The fourth-order valence-electron chi connectivity index (χ4n) is 3.32. The highest BCUT2D eigenvalue weighted by molar-refractivity contribution is 6.34. The molecule has 0 saturated heterocycles. The molecule has 0 aliphatic carbocycles. The smallest absolute Gasteiger partial charge is 0.308 e. The van der Waals surface area contributed by atoms with Gasteiger partial charge in [-0.05, 0) is 46.2 Å². The van der Waals surface area contributed by atoms with Crippen molar-refractivity contribution < 1.29 is 14.3 Å². The van der Waals surface area contributed by atoms with E-state index in [1.54, 1.807) is 12.1 Å². The number of benzene rings is 4. The van der Waals surface area contributed by atoms with Crippen molar-refractivity contribution in [3.8, 4) is 16.9 Å². The Morgan fingerprint density at radius 1 is 0.833 bits per heavy atom. The van der Waals surface area contributed by atoms with Gasteiger partial charge in [-0.3, -0.25) is 9.59 Å². The second-order valence-electron chi connectivity index (χ2n) is 6.80. The molecule has 0 fully saturated rings. The predicted molar refractivity (Wildman–Crippen MR) is 120 cm³/mol. The number of hydrogen-bond donors (Lipinski definition) is 1. The lowest BCUT2D eigenvalue weighted by Crippen LogP contribution is -2.13. The Bertz CT molecular complexity index is 1250. The van der Waals surface area contributed by atoms with Crippen molar-refractivity contribution in [2.24, 2.45) is 0 Å². The molecule has 4 rings (SSSR count). The van der Waals surface area contributed by atoms with Crippen molar-refractivity contribution in [3.63, 3.8) is 0 Å². The average Bonchev–Trinajstić information content (AvgIpc) is 2.75. The summed E-state index contributed by atoms with van der Waals surface area (Å²) in [5, 5.41) is 5.00. The maximum atomic E-state index is 13.2. The van der Waals surface area contributed by atoms with E-state index >= 15 is 0 Å². The Balaban J connectivity index is 1.76. The van der Waals surface area contributed by atoms with E-state index in [-0.39, 0.29) is 5.91 Å². The summed E-state index contributed by atoms with van der Waals surface area (Å²) >= 11 is 6.25. The highest BCUT2D eigenvalue weighted by Crippen LogP contribution is 2.31. The standard InChI is InChI=1S/C25H18ClNO3/c1-16(28)30-20-11-12-23(26)24(15-20)27-25(29)22-14-19(17-7-3-2-4-8-17)13-18-9-5-6-10-21(18)22/h2-15H,1H3,(H,27,29). The van der Waals surface area contributed by atoms with Crippen molar-refractivity contribution >= 4 is 39.9 Å². The van der Waals surface area contributed by atoms with E-state index in [1.165, 1.54) is 13.0 Å². The molecular formula is C25H18ClNO3. The van der Waals surface area contributed by atoms with Gasteiger partial charge < -0.3 is 10.1 Å². The van der Waals surface area contributed by atoms with E-state index in [4.69, 9.17) is 16.3 Å². The molecule has 0 unspecified atom stereocenters. The summed E-state index contributed by atoms with van der Waals surface area (Å²) in [6.07, 6.45) is 0. The van der Waals surface area contributed by atoms with Gasteiger partial charge in [0.2, 0.25) is 0 Å². The first-order chi connectivity index (χ1) is 14.5. The van der Waals surface area contributed by atoms with Crippen LogP contribution in [0.4, 0.5) is 5.69 Å². The van der Waals surface area contributed by atoms with Gasteiger partial charge in [-0.25, -0.2) is 0 Å². The van der Waals surface area contributed by atoms with Gasteiger partial charge in [-0.1, -0.05) is 66.2 Å². The molecule has 4 nitrogen and oxygen atoms in total. The number of nitrogens with one attached hydrogen (secondary N) is 1. The van der Waals surface area contributed by atoms with Gasteiger partial charge in [0.1, 0.15) is 5.75 Å². The molecule has 30 heavy (non-hydrogen) atoms. The molecule has 0 aliphatic heterocycles. The van der Waals surface area contributed by atoms with Crippen molar-refractivity contribution in [1.82, 2.24) is 0 Å². The molecule has 0 bridgehead atoms. The molecule has 0 heterocycles. The molecule has 148 valence electrons. The summed E-state index contributed by atoms with van der Waals surface area (Å²) in [6, 6.07) is 26.2. The summed E-state index contributed by atoms with van der Waals surface area (Å²) in [5.41, 5.74) is 2.86. The SMILES string of the molecule is CC(=O)Oc1ccc(Cl)c(NC(=O)c2cc(-c3ccccc3)cc3ccccc23)c1. The van der Waals surface area contributed by atoms with Gasteiger partial charge in [-0.2, -0.15) is 0 Å². The Morgan fingerprint density at radius 2 is 1.57 bits per heavy atom. The van der Waals surface area contributed by atoms with Crippen LogP contribution in [0.2, 0.25) is 5.02 Å². The zero-order chi connectivity index (χ0) is 21.1. The molecule has 0 spiro atoms. The first-order valence-corrected chi connectivity index (χ1v) is 9.76. The van der Waals surface area contributed by atoms with Crippen molar-refractivity contribution in [1.29, 1.82) is 0 Å². The lowest BCUT2D eigenvalue weighted by Gasteiger charge is -2.13. The third-order valence-electron chi connectivity index (χ3n) is 4.66. The summed E-state index contributed by atoms with van der Waals surface area (Å²) in [4.78, 5) is 24.4. The van der Waals surface area contributed by atoms with Gasteiger partial charge in [-0.15, -0.1) is 0 Å². The van der Waals surface area contributed by atoms with Gasteiger partial charge in [0.05, 0.1) is 10.7 Å². The Morgan fingerprint density at radius 3 is 2.33 bits per heavy atom. The molecule has 4 aromatic carbocycles. The first kappa shape index (κ1) is 19.7. The molecule has 0 radical (unpaired) electrons. The maximum Gasteiger partial charge on any atom is 0.308 e. The van der Waals surface area contributed by atoms with Crippen LogP contribution in [-0.2, 0) is 4.79 Å². The van der Waals surface area contributed by atoms with Gasteiger partial charge in [0, 0.05) is 18.6 Å². The quantitative estimate of drug-likeness (QED) is 0.312. The molecule has 1 N–H and O–H groups in total. The van der Waals surface area contributed by atoms with Crippen LogP contribution in [0.15, 0.2) is 84.9 Å². The number of ether oxygens (including phenoxy) is 1. The molecule has 5 heteroatoms. The number of hydrogen-bond acceptors (Lipinski definition) is 3. The summed E-state index contributed by atoms with van der Waals surface area (Å²) in [7, 11) is 0. The number of carbonyl (C=O) groups excluding carboxylic acids is 2. The zero-order valence-electron chi connectivity index (χ0n) is 16.2. The van der Waals surface area contributed by atoms with Crippen molar-refractivity contribution in [2.45, 2.75) is 6.92 Å². The largest absolute Gasteiger partial charge is 0.427 e. The van der Waals surface area contributed by atoms with Gasteiger partial charge in [0.15, 0.2) is 0 Å². The second-order valence-corrected chi connectivity index (χ2v) is 7.21. The Labute approximate surface area is 179 Å². The number of rotatable bonds is 4. The Hall–Kier alpha value is -3.63. The van der Waals surface area contributed by atoms with E-state index < -0.39 is 5.97 Å². The average molecular weight is 416 g/mol. The highest BCUT2D eigenvalue weighted by Gasteiger charge is 2.15. The summed E-state index contributed by atoms with van der Waals surface area (Å²) < 4.78 is 5.10. The maximum absolute atomic E-state index is 13.2. The minimum absolute atomic E-state index is 0.300. The van der Waals surface area contributed by atoms with Crippen molar-refractivity contribution in [2.75, 3.05) is 5.32 Å². The fourth-order valence-corrected chi connectivity index (χ4v) is 3.48. The number of amides is 1. The van der Waals surface area contributed by atoms with Crippen LogP contribution in [0.3, 0.4) is 0 Å². The van der Waals surface area contributed by atoms with Crippen LogP contribution in [0.1, 0.15) is 17.3 Å². The Kier molecular flexibility index (Phi) is 5.50. The summed E-state index contributed by atoms with van der Waals surface area (Å²) in [6.45, 7) is 1.31. The van der Waals surface area contributed by atoms with E-state index in [2.05, 4.69) is 11.4 Å². The van der Waals surface area contributed by atoms with Crippen LogP contribution >= 0.6 is 11.6 Å². The third-order valence-corrected chi connectivity index (χ3v) is 4.99. The normalized spacial score (nSPS) is 10.6. The number of fused-ring (bicyclic) bond motifs is 1. The molecule has 0 aromatic heterocycles. The minimum Gasteiger partial charge on any atom is -0.427 e. The van der Waals surface area contributed by atoms with Crippen LogP contribution in [-0.4, -0.2) is 11.9 Å². The van der Waals surface area contributed by atoms with Crippen molar-refractivity contribution in [3.05, 3.63) is 95.5 Å². The second kappa shape index (κ2) is 8.39. The molecule has 4 aromatic rings. The monoisotopic (exact) mass is 415 g/mol. The third kappa shape index (κ3) is 4.19. The molecule has 1 amide bonds. The van der Waals surface area contributed by atoms with Crippen LogP contribution < -0.4 is 10.1 Å². The molecule has 0 aliphatic rings. The minimum atomic E-state index is -0.448. The fraction of sp³-hybridized carbons (Fsp3) is 0.0400.